The molecule has 26 heavy (non-hydrogen) atoms. The van der Waals surface area contributed by atoms with E-state index in [1.165, 1.54) is 11.8 Å². The number of nitrogens with zero attached hydrogens (tertiary/aromatic N) is 7. The highest BCUT2D eigenvalue weighted by atomic mass is 35.5. The molecule has 3 aromatic rings. The number of nitrogens with two attached hydrogens (primary N) is 1. The molecule has 2 heterocycles. The molecule has 0 aliphatic heterocycles. The summed E-state index contributed by atoms with van der Waals surface area (Å²) >= 11 is 7.46. The zero-order valence-corrected chi connectivity index (χ0v) is 16.5. The molecule has 0 spiro atoms. The van der Waals surface area contributed by atoms with Crippen LogP contribution in [0.25, 0.3) is 11.4 Å². The van der Waals surface area contributed by atoms with E-state index in [1.54, 1.807) is 4.90 Å². The zero-order chi connectivity index (χ0) is 18.8. The van der Waals surface area contributed by atoms with Crippen molar-refractivity contribution in [2.45, 2.75) is 17.3 Å². The van der Waals surface area contributed by atoms with Crippen LogP contribution in [0.3, 0.4) is 0 Å². The predicted molar refractivity (Wildman–Crippen MR) is 104 cm³/mol. The molecule has 0 saturated carbocycles. The van der Waals surface area contributed by atoms with Gasteiger partial charge in [0, 0.05) is 31.7 Å². The van der Waals surface area contributed by atoms with E-state index in [0.29, 0.717) is 16.8 Å². The molecule has 0 radical (unpaired) electrons. The van der Waals surface area contributed by atoms with Crippen molar-refractivity contribution in [1.82, 2.24) is 29.7 Å². The first-order valence-electron chi connectivity index (χ1n) is 7.86. The van der Waals surface area contributed by atoms with Crippen LogP contribution in [-0.2, 0) is 7.05 Å². The van der Waals surface area contributed by atoms with E-state index in [1.807, 2.05) is 56.9 Å². The Morgan fingerprint density at radius 3 is 2.46 bits per heavy atom. The lowest BCUT2D eigenvalue weighted by atomic mass is 10.2. The summed E-state index contributed by atoms with van der Waals surface area (Å²) in [5, 5.41) is 9.95. The number of nitrogen functional groups attached to an aromatic ring is 1. The van der Waals surface area contributed by atoms with E-state index in [-0.39, 0.29) is 11.2 Å². The smallest absolute Gasteiger partial charge is 0.229 e. The fourth-order valence-corrected chi connectivity index (χ4v) is 3.24. The molecule has 2 aromatic heterocycles. The Morgan fingerprint density at radius 2 is 1.81 bits per heavy atom. The molecule has 0 saturated heterocycles. The minimum atomic E-state index is -0.0695. The number of benzene rings is 1. The topological polar surface area (TPSA) is 98.6 Å². The maximum atomic E-state index is 5.95. The molecule has 2 N–H and O–H groups in total. The van der Waals surface area contributed by atoms with E-state index >= 15 is 0 Å². The molecule has 3 rings (SSSR count). The van der Waals surface area contributed by atoms with Crippen molar-refractivity contribution in [3.63, 3.8) is 0 Å². The first-order chi connectivity index (χ1) is 12.3. The lowest BCUT2D eigenvalue weighted by Crippen LogP contribution is -2.16. The van der Waals surface area contributed by atoms with Gasteiger partial charge < -0.3 is 15.2 Å². The Bertz CT molecular complexity index is 909. The van der Waals surface area contributed by atoms with Gasteiger partial charge in [0.1, 0.15) is 5.82 Å². The van der Waals surface area contributed by atoms with Gasteiger partial charge >= 0.3 is 0 Å². The maximum absolute atomic E-state index is 5.95. The summed E-state index contributed by atoms with van der Waals surface area (Å²) in [5.74, 6) is 2.09. The highest BCUT2D eigenvalue weighted by Gasteiger charge is 2.19. The van der Waals surface area contributed by atoms with E-state index in [4.69, 9.17) is 17.3 Å². The number of aromatic nitrogens is 6. The van der Waals surface area contributed by atoms with Crippen LogP contribution in [0, 0.1) is 0 Å². The van der Waals surface area contributed by atoms with Crippen molar-refractivity contribution in [2.75, 3.05) is 24.7 Å². The third kappa shape index (κ3) is 3.88. The average Bonchev–Trinajstić information content (AvgIpc) is 2.95. The van der Waals surface area contributed by atoms with E-state index in [9.17, 15) is 0 Å². The Labute approximate surface area is 160 Å². The van der Waals surface area contributed by atoms with Crippen molar-refractivity contribution in [1.29, 1.82) is 0 Å². The van der Waals surface area contributed by atoms with Gasteiger partial charge in [0.25, 0.3) is 0 Å². The molecule has 1 aromatic carbocycles. The second-order valence-electron chi connectivity index (χ2n) is 5.88. The fourth-order valence-electron chi connectivity index (χ4n) is 2.26. The number of hydrogen-bond donors (Lipinski definition) is 1. The van der Waals surface area contributed by atoms with Gasteiger partial charge in [-0.25, -0.2) is 0 Å². The summed E-state index contributed by atoms with van der Waals surface area (Å²) in [6.07, 6.45) is 0. The van der Waals surface area contributed by atoms with Crippen molar-refractivity contribution in [3.05, 3.63) is 35.1 Å². The molecule has 136 valence electrons. The van der Waals surface area contributed by atoms with Crippen molar-refractivity contribution >= 4 is 35.3 Å². The van der Waals surface area contributed by atoms with Crippen LogP contribution in [0.2, 0.25) is 5.02 Å². The summed E-state index contributed by atoms with van der Waals surface area (Å²) in [6.45, 7) is 2.00. The van der Waals surface area contributed by atoms with Crippen molar-refractivity contribution in [2.24, 2.45) is 7.05 Å². The number of thioether (sulfide) groups is 1. The highest BCUT2D eigenvalue weighted by Crippen LogP contribution is 2.34. The van der Waals surface area contributed by atoms with Gasteiger partial charge in [0.2, 0.25) is 11.9 Å². The van der Waals surface area contributed by atoms with Crippen LogP contribution < -0.4 is 10.6 Å². The van der Waals surface area contributed by atoms with Gasteiger partial charge in [-0.3, -0.25) is 0 Å². The normalized spacial score (nSPS) is 12.2. The first kappa shape index (κ1) is 18.4. The molecule has 0 amide bonds. The molecule has 1 atom stereocenters. The van der Waals surface area contributed by atoms with Gasteiger partial charge in [-0.15, -0.1) is 10.2 Å². The number of anilines is 2. The fraction of sp³-hybridized carbons (Fsp3) is 0.312. The molecular weight excluding hydrogens is 372 g/mol. The minimum Gasteiger partial charge on any atom is -0.368 e. The monoisotopic (exact) mass is 390 g/mol. The third-order valence-corrected chi connectivity index (χ3v) is 5.02. The van der Waals surface area contributed by atoms with E-state index in [0.717, 1.165) is 16.5 Å². The number of rotatable bonds is 5. The second-order valence-corrected chi connectivity index (χ2v) is 7.62. The lowest BCUT2D eigenvalue weighted by Gasteiger charge is -2.14. The van der Waals surface area contributed by atoms with Crippen LogP contribution in [0.4, 0.5) is 11.9 Å². The minimum absolute atomic E-state index is 0.0695. The molecule has 10 heteroatoms. The van der Waals surface area contributed by atoms with Gasteiger partial charge in [-0.1, -0.05) is 23.4 Å². The predicted octanol–water partition coefficient (Wildman–Crippen LogP) is 2.82. The van der Waals surface area contributed by atoms with Crippen LogP contribution in [0.5, 0.6) is 0 Å². The van der Waals surface area contributed by atoms with Crippen LogP contribution >= 0.6 is 23.4 Å². The molecule has 0 aliphatic rings. The quantitative estimate of drug-likeness (QED) is 0.664. The van der Waals surface area contributed by atoms with Gasteiger partial charge in [0.05, 0.1) is 5.25 Å². The standard InChI is InChI=1S/C16H19ClN8S/c1-9(12-19-14(18)21-15(20-12)24(2)3)26-16-23-22-13(25(16)4)10-5-7-11(17)8-6-10/h5-9H,1-4H3,(H2,18,19,20,21). The summed E-state index contributed by atoms with van der Waals surface area (Å²) in [5.41, 5.74) is 6.76. The van der Waals surface area contributed by atoms with E-state index < -0.39 is 0 Å². The Balaban J connectivity index is 1.84. The molecule has 0 fully saturated rings. The second kappa shape index (κ2) is 7.46. The van der Waals surface area contributed by atoms with Crippen molar-refractivity contribution < 1.29 is 0 Å². The first-order valence-corrected chi connectivity index (χ1v) is 9.11. The Hall–Kier alpha value is -2.39. The number of halogens is 1. The SMILES string of the molecule is CC(Sc1nnc(-c2ccc(Cl)cc2)n1C)c1nc(N)nc(N(C)C)n1. The van der Waals surface area contributed by atoms with Crippen LogP contribution in [-0.4, -0.2) is 43.8 Å². The third-order valence-electron chi connectivity index (χ3n) is 3.64. The zero-order valence-electron chi connectivity index (χ0n) is 14.9. The molecule has 0 bridgehead atoms. The average molecular weight is 391 g/mol. The van der Waals surface area contributed by atoms with E-state index in [2.05, 4.69) is 25.1 Å². The molecule has 8 nitrogen and oxygen atoms in total. The van der Waals surface area contributed by atoms with Gasteiger partial charge in [0.15, 0.2) is 11.0 Å². The largest absolute Gasteiger partial charge is 0.368 e. The van der Waals surface area contributed by atoms with Crippen LogP contribution in [0.15, 0.2) is 29.4 Å². The molecule has 0 aliphatic carbocycles. The summed E-state index contributed by atoms with van der Waals surface area (Å²) in [6, 6.07) is 7.50. The summed E-state index contributed by atoms with van der Waals surface area (Å²) in [4.78, 5) is 14.6. The highest BCUT2D eigenvalue weighted by molar-refractivity contribution is 7.99. The Morgan fingerprint density at radius 1 is 1.12 bits per heavy atom. The maximum Gasteiger partial charge on any atom is 0.229 e. The Kier molecular flexibility index (Phi) is 5.28. The summed E-state index contributed by atoms with van der Waals surface area (Å²) in [7, 11) is 5.64. The molecule has 1 unspecified atom stereocenters. The summed E-state index contributed by atoms with van der Waals surface area (Å²) < 4.78 is 1.93. The van der Waals surface area contributed by atoms with Gasteiger partial charge in [-0.05, 0) is 31.2 Å². The van der Waals surface area contributed by atoms with Gasteiger partial charge in [-0.2, -0.15) is 15.0 Å². The molecular formula is C16H19ClN8S. The van der Waals surface area contributed by atoms with Crippen LogP contribution in [0.1, 0.15) is 18.0 Å². The van der Waals surface area contributed by atoms with Crippen molar-refractivity contribution in [3.8, 4) is 11.4 Å². The number of hydrogen-bond acceptors (Lipinski definition) is 8. The lowest BCUT2D eigenvalue weighted by molar-refractivity contribution is 0.784.